The van der Waals surface area contributed by atoms with Crippen LogP contribution in [0.15, 0.2) is 28.7 Å². The Bertz CT molecular complexity index is 525. The zero-order valence-electron chi connectivity index (χ0n) is 11.0. The normalized spacial score (nSPS) is 12.2. The van der Waals surface area contributed by atoms with Gasteiger partial charge in [-0.05, 0) is 26.0 Å². The highest BCUT2D eigenvalue weighted by Crippen LogP contribution is 2.20. The first kappa shape index (κ1) is 13.4. The van der Waals surface area contributed by atoms with E-state index in [0.717, 1.165) is 5.75 Å². The first-order valence-electron chi connectivity index (χ1n) is 6.12. The second-order valence-electron chi connectivity index (χ2n) is 4.02. The molecule has 1 atom stereocenters. The number of rotatable bonds is 6. The molecule has 2 aromatic rings. The van der Waals surface area contributed by atoms with E-state index >= 15 is 0 Å². The van der Waals surface area contributed by atoms with Crippen LogP contribution in [0, 0.1) is 0 Å². The third-order valence-corrected chi connectivity index (χ3v) is 2.35. The Hall–Kier alpha value is -2.08. The van der Waals surface area contributed by atoms with Gasteiger partial charge in [0, 0.05) is 6.07 Å². The second kappa shape index (κ2) is 6.19. The summed E-state index contributed by atoms with van der Waals surface area (Å²) in [7, 11) is 0. The monoisotopic (exact) mass is 263 g/mol. The van der Waals surface area contributed by atoms with Gasteiger partial charge in [0.25, 0.3) is 5.89 Å². The molecule has 2 rings (SSSR count). The molecule has 0 fully saturated rings. The van der Waals surface area contributed by atoms with Gasteiger partial charge in [-0.2, -0.15) is 0 Å². The van der Waals surface area contributed by atoms with Gasteiger partial charge >= 0.3 is 0 Å². The molecule has 1 aromatic heterocycles. The summed E-state index contributed by atoms with van der Waals surface area (Å²) in [5.74, 6) is 2.25. The van der Waals surface area contributed by atoms with Crippen molar-refractivity contribution < 1.29 is 13.9 Å². The molecule has 19 heavy (non-hydrogen) atoms. The van der Waals surface area contributed by atoms with Crippen LogP contribution in [-0.4, -0.2) is 16.8 Å². The lowest BCUT2D eigenvalue weighted by Gasteiger charge is -2.06. The van der Waals surface area contributed by atoms with Crippen molar-refractivity contribution in [3.8, 4) is 11.5 Å². The van der Waals surface area contributed by atoms with Crippen LogP contribution in [0.5, 0.6) is 11.5 Å². The van der Waals surface area contributed by atoms with Crippen molar-refractivity contribution in [2.75, 3.05) is 6.61 Å². The minimum Gasteiger partial charge on any atom is -0.494 e. The van der Waals surface area contributed by atoms with Crippen LogP contribution < -0.4 is 15.2 Å². The van der Waals surface area contributed by atoms with Gasteiger partial charge < -0.3 is 19.6 Å². The summed E-state index contributed by atoms with van der Waals surface area (Å²) < 4.78 is 16.3. The van der Waals surface area contributed by atoms with E-state index in [4.69, 9.17) is 19.6 Å². The largest absolute Gasteiger partial charge is 0.494 e. The Labute approximate surface area is 111 Å². The zero-order chi connectivity index (χ0) is 13.7. The zero-order valence-corrected chi connectivity index (χ0v) is 11.0. The molecule has 0 amide bonds. The molecule has 0 saturated carbocycles. The van der Waals surface area contributed by atoms with Crippen molar-refractivity contribution in [2.45, 2.75) is 26.5 Å². The molecule has 1 aromatic carbocycles. The SMILES string of the molecule is CCOc1cccc(OCc2nnc(C(C)N)o2)c1. The molecular weight excluding hydrogens is 246 g/mol. The number of aromatic nitrogens is 2. The Morgan fingerprint density at radius 2 is 2.00 bits per heavy atom. The van der Waals surface area contributed by atoms with Crippen LogP contribution in [-0.2, 0) is 6.61 Å². The van der Waals surface area contributed by atoms with Crippen LogP contribution in [0.2, 0.25) is 0 Å². The van der Waals surface area contributed by atoms with E-state index in [1.165, 1.54) is 0 Å². The summed E-state index contributed by atoms with van der Waals surface area (Å²) in [6.07, 6.45) is 0. The van der Waals surface area contributed by atoms with Crippen molar-refractivity contribution in [3.63, 3.8) is 0 Å². The summed E-state index contributed by atoms with van der Waals surface area (Å²) in [6, 6.07) is 7.11. The lowest BCUT2D eigenvalue weighted by atomic mass is 10.3. The molecule has 2 N–H and O–H groups in total. The lowest BCUT2D eigenvalue weighted by molar-refractivity contribution is 0.255. The number of benzene rings is 1. The number of hydrogen-bond donors (Lipinski definition) is 1. The second-order valence-corrected chi connectivity index (χ2v) is 4.02. The molecule has 0 aliphatic heterocycles. The topological polar surface area (TPSA) is 83.4 Å². The summed E-state index contributed by atoms with van der Waals surface area (Å²) in [4.78, 5) is 0. The van der Waals surface area contributed by atoms with E-state index in [0.29, 0.717) is 24.1 Å². The van der Waals surface area contributed by atoms with Crippen LogP contribution in [0.4, 0.5) is 0 Å². The average Bonchev–Trinajstić information content (AvgIpc) is 2.86. The third-order valence-electron chi connectivity index (χ3n) is 2.35. The van der Waals surface area contributed by atoms with Gasteiger partial charge in [0.05, 0.1) is 12.6 Å². The summed E-state index contributed by atoms with van der Waals surface area (Å²) in [5.41, 5.74) is 5.63. The molecule has 6 nitrogen and oxygen atoms in total. The Balaban J connectivity index is 1.95. The quantitative estimate of drug-likeness (QED) is 0.858. The Morgan fingerprint density at radius 3 is 2.63 bits per heavy atom. The highest BCUT2D eigenvalue weighted by molar-refractivity contribution is 5.32. The molecule has 0 saturated heterocycles. The number of ether oxygens (including phenoxy) is 2. The average molecular weight is 263 g/mol. The molecule has 0 aliphatic carbocycles. The highest BCUT2D eigenvalue weighted by atomic mass is 16.5. The van der Waals surface area contributed by atoms with Gasteiger partial charge in [-0.1, -0.05) is 6.07 Å². The molecule has 1 heterocycles. The molecular formula is C13H17N3O3. The first-order valence-corrected chi connectivity index (χ1v) is 6.12. The van der Waals surface area contributed by atoms with Gasteiger partial charge in [0.2, 0.25) is 5.89 Å². The van der Waals surface area contributed by atoms with E-state index < -0.39 is 0 Å². The molecule has 102 valence electrons. The minimum absolute atomic E-state index is 0.204. The van der Waals surface area contributed by atoms with E-state index in [1.807, 2.05) is 31.2 Å². The van der Waals surface area contributed by atoms with E-state index in [-0.39, 0.29) is 12.6 Å². The van der Waals surface area contributed by atoms with Crippen molar-refractivity contribution in [1.29, 1.82) is 0 Å². The Kier molecular flexibility index (Phi) is 4.35. The van der Waals surface area contributed by atoms with Crippen molar-refractivity contribution in [3.05, 3.63) is 36.0 Å². The van der Waals surface area contributed by atoms with Gasteiger partial charge in [-0.25, -0.2) is 0 Å². The fraction of sp³-hybridized carbons (Fsp3) is 0.385. The maximum absolute atomic E-state index is 5.63. The summed E-state index contributed by atoms with van der Waals surface area (Å²) >= 11 is 0. The van der Waals surface area contributed by atoms with Gasteiger partial charge in [-0.3, -0.25) is 0 Å². The molecule has 0 radical (unpaired) electrons. The Morgan fingerprint density at radius 1 is 1.26 bits per heavy atom. The number of nitrogens with zero attached hydrogens (tertiary/aromatic N) is 2. The minimum atomic E-state index is -0.275. The summed E-state index contributed by atoms with van der Waals surface area (Å²) in [6.45, 7) is 4.53. The lowest BCUT2D eigenvalue weighted by Crippen LogP contribution is -2.04. The van der Waals surface area contributed by atoms with Gasteiger partial charge in [0.1, 0.15) is 11.5 Å². The molecule has 0 bridgehead atoms. The maximum atomic E-state index is 5.63. The summed E-state index contributed by atoms with van der Waals surface area (Å²) in [5, 5.41) is 7.69. The van der Waals surface area contributed by atoms with E-state index in [1.54, 1.807) is 6.92 Å². The molecule has 6 heteroatoms. The van der Waals surface area contributed by atoms with Crippen molar-refractivity contribution in [2.24, 2.45) is 5.73 Å². The van der Waals surface area contributed by atoms with E-state index in [9.17, 15) is 0 Å². The van der Waals surface area contributed by atoms with Crippen LogP contribution in [0.25, 0.3) is 0 Å². The van der Waals surface area contributed by atoms with Crippen molar-refractivity contribution >= 4 is 0 Å². The molecule has 0 spiro atoms. The predicted molar refractivity (Wildman–Crippen MR) is 68.8 cm³/mol. The van der Waals surface area contributed by atoms with E-state index in [2.05, 4.69) is 10.2 Å². The maximum Gasteiger partial charge on any atom is 0.253 e. The standard InChI is InChI=1S/C13H17N3O3/c1-3-17-10-5-4-6-11(7-10)18-8-12-15-16-13(19-12)9(2)14/h4-7,9H,3,8,14H2,1-2H3. The first-order chi connectivity index (χ1) is 9.19. The fourth-order valence-corrected chi connectivity index (χ4v) is 1.47. The number of hydrogen-bond acceptors (Lipinski definition) is 6. The number of nitrogens with two attached hydrogens (primary N) is 1. The van der Waals surface area contributed by atoms with Gasteiger partial charge in [-0.15, -0.1) is 10.2 Å². The smallest absolute Gasteiger partial charge is 0.253 e. The third kappa shape index (κ3) is 3.69. The fourth-order valence-electron chi connectivity index (χ4n) is 1.47. The van der Waals surface area contributed by atoms with Crippen LogP contribution in [0.3, 0.4) is 0 Å². The molecule has 1 unspecified atom stereocenters. The molecule has 0 aliphatic rings. The highest BCUT2D eigenvalue weighted by Gasteiger charge is 2.10. The van der Waals surface area contributed by atoms with Gasteiger partial charge in [0.15, 0.2) is 6.61 Å². The van der Waals surface area contributed by atoms with Crippen LogP contribution in [0.1, 0.15) is 31.7 Å². The van der Waals surface area contributed by atoms with Crippen molar-refractivity contribution in [1.82, 2.24) is 10.2 Å². The van der Waals surface area contributed by atoms with Crippen LogP contribution >= 0.6 is 0 Å². The predicted octanol–water partition coefficient (Wildman–Crippen LogP) is 2.07.